The third kappa shape index (κ3) is 5.08. The number of carbonyl (C=O) groups is 3. The fourth-order valence-electron chi connectivity index (χ4n) is 4.94. The normalized spacial score (nSPS) is 16.1. The van der Waals surface area contributed by atoms with E-state index in [1.54, 1.807) is 0 Å². The molecule has 0 heterocycles. The summed E-state index contributed by atoms with van der Waals surface area (Å²) in [5, 5.41) is 14.6. The summed E-state index contributed by atoms with van der Waals surface area (Å²) < 4.78 is 5.49. The zero-order valence-corrected chi connectivity index (χ0v) is 19.7. The van der Waals surface area contributed by atoms with Crippen LogP contribution in [0.25, 0.3) is 11.1 Å². The van der Waals surface area contributed by atoms with E-state index < -0.39 is 30.4 Å². The number of carboxylic acid groups (broad SMARTS) is 1. The fraction of sp³-hybridized carbons (Fsp3) is 0.444. The zero-order valence-electron chi connectivity index (χ0n) is 19.7. The Morgan fingerprint density at radius 3 is 2.15 bits per heavy atom. The first kappa shape index (κ1) is 23.8. The number of rotatable bonds is 9. The van der Waals surface area contributed by atoms with Gasteiger partial charge in [-0.2, -0.15) is 0 Å². The van der Waals surface area contributed by atoms with Crippen molar-refractivity contribution in [1.29, 1.82) is 0 Å². The van der Waals surface area contributed by atoms with Gasteiger partial charge >= 0.3 is 12.1 Å². The molecule has 1 unspecified atom stereocenters. The summed E-state index contributed by atoms with van der Waals surface area (Å²) in [6.07, 6.45) is 2.16. The summed E-state index contributed by atoms with van der Waals surface area (Å²) in [5.41, 5.74) is 4.31. The van der Waals surface area contributed by atoms with Crippen molar-refractivity contribution >= 4 is 18.0 Å². The smallest absolute Gasteiger partial charge is 0.407 e. The molecule has 0 aromatic heterocycles. The van der Waals surface area contributed by atoms with Crippen molar-refractivity contribution in [2.75, 3.05) is 13.2 Å². The van der Waals surface area contributed by atoms with Crippen LogP contribution in [0.5, 0.6) is 0 Å². The zero-order chi connectivity index (χ0) is 24.3. The van der Waals surface area contributed by atoms with Gasteiger partial charge in [0.15, 0.2) is 0 Å². The van der Waals surface area contributed by atoms with Crippen LogP contribution >= 0.6 is 0 Å². The third-order valence-electron chi connectivity index (χ3n) is 7.26. The molecular formula is C27H32N2O5. The maximum Gasteiger partial charge on any atom is 0.407 e. The van der Waals surface area contributed by atoms with Gasteiger partial charge in [-0.05, 0) is 46.4 Å². The highest BCUT2D eigenvalue weighted by molar-refractivity contribution is 5.89. The molecule has 7 nitrogen and oxygen atoms in total. The molecule has 0 spiro atoms. The van der Waals surface area contributed by atoms with Crippen molar-refractivity contribution in [2.24, 2.45) is 11.3 Å². The number of amides is 2. The average Bonchev–Trinajstić information content (AvgIpc) is 3.07. The van der Waals surface area contributed by atoms with Crippen molar-refractivity contribution in [1.82, 2.24) is 10.6 Å². The minimum atomic E-state index is -1.20. The molecule has 34 heavy (non-hydrogen) atoms. The van der Waals surface area contributed by atoms with Crippen molar-refractivity contribution < 1.29 is 24.2 Å². The van der Waals surface area contributed by atoms with Crippen LogP contribution in [0.4, 0.5) is 4.79 Å². The van der Waals surface area contributed by atoms with Gasteiger partial charge < -0.3 is 20.5 Å². The highest BCUT2D eigenvalue weighted by Crippen LogP contribution is 2.44. The topological polar surface area (TPSA) is 105 Å². The summed E-state index contributed by atoms with van der Waals surface area (Å²) in [4.78, 5) is 36.6. The molecule has 2 aliphatic carbocycles. The summed E-state index contributed by atoms with van der Waals surface area (Å²) in [5.74, 6) is -1.25. The molecule has 1 atom stereocenters. The summed E-state index contributed by atoms with van der Waals surface area (Å²) >= 11 is 0. The maximum atomic E-state index is 12.7. The Hall–Kier alpha value is -3.35. The van der Waals surface area contributed by atoms with Crippen molar-refractivity contribution in [3.8, 4) is 11.1 Å². The van der Waals surface area contributed by atoms with Gasteiger partial charge in [0.05, 0.1) is 6.42 Å². The Bertz CT molecular complexity index is 1030. The number of ether oxygens (including phenoxy) is 1. The molecule has 2 aromatic carbocycles. The molecule has 4 rings (SSSR count). The van der Waals surface area contributed by atoms with E-state index in [1.165, 1.54) is 6.42 Å². The SMILES string of the molecule is CC(C)(CNC(=O)C(CC(=O)O)NC(=O)OCC1c2ccccc2-c2ccccc21)C1CCC1. The molecule has 1 saturated carbocycles. The van der Waals surface area contributed by atoms with Gasteiger partial charge in [-0.1, -0.05) is 68.8 Å². The van der Waals surface area contributed by atoms with E-state index in [0.717, 1.165) is 35.1 Å². The van der Waals surface area contributed by atoms with Gasteiger partial charge in [0.2, 0.25) is 5.91 Å². The molecule has 2 aliphatic rings. The van der Waals surface area contributed by atoms with Crippen molar-refractivity contribution in [3.63, 3.8) is 0 Å². The quantitative estimate of drug-likeness (QED) is 0.513. The number of carbonyl (C=O) groups excluding carboxylic acids is 2. The largest absolute Gasteiger partial charge is 0.481 e. The molecule has 2 aromatic rings. The van der Waals surface area contributed by atoms with Crippen molar-refractivity contribution in [2.45, 2.75) is 51.5 Å². The molecule has 0 radical (unpaired) electrons. The second kappa shape index (κ2) is 9.87. The average molecular weight is 465 g/mol. The molecule has 2 amide bonds. The van der Waals surface area contributed by atoms with Crippen LogP contribution in [0.15, 0.2) is 48.5 Å². The number of hydrogen-bond donors (Lipinski definition) is 3. The summed E-state index contributed by atoms with van der Waals surface area (Å²) in [6, 6.07) is 14.8. The molecule has 0 saturated heterocycles. The third-order valence-corrected chi connectivity index (χ3v) is 7.26. The molecular weight excluding hydrogens is 432 g/mol. The van der Waals surface area contributed by atoms with E-state index in [-0.39, 0.29) is 17.9 Å². The minimum absolute atomic E-state index is 0.0779. The molecule has 1 fully saturated rings. The number of hydrogen-bond acceptors (Lipinski definition) is 4. The molecule has 180 valence electrons. The van der Waals surface area contributed by atoms with Gasteiger partial charge in [-0.25, -0.2) is 4.79 Å². The first-order chi connectivity index (χ1) is 16.3. The Balaban J connectivity index is 1.37. The molecule has 3 N–H and O–H groups in total. The number of benzene rings is 2. The second-order valence-corrected chi connectivity index (χ2v) is 9.95. The standard InChI is InChI=1S/C27H32N2O5/c1-27(2,17-8-7-9-17)16-28-25(32)23(14-24(30)31)29-26(33)34-15-22-20-12-5-3-10-18(20)19-11-4-6-13-21(19)22/h3-6,10-13,17,22-23H,7-9,14-16H2,1-2H3,(H,28,32)(H,29,33)(H,30,31). The Labute approximate surface area is 199 Å². The first-order valence-electron chi connectivity index (χ1n) is 11.9. The van der Waals surface area contributed by atoms with Crippen LogP contribution in [-0.4, -0.2) is 42.3 Å². The lowest BCUT2D eigenvalue weighted by Crippen LogP contribution is -2.51. The first-order valence-corrected chi connectivity index (χ1v) is 11.9. The van der Waals surface area contributed by atoms with E-state index in [4.69, 9.17) is 4.74 Å². The number of alkyl carbamates (subject to hydrolysis) is 1. The number of fused-ring (bicyclic) bond motifs is 3. The lowest BCUT2D eigenvalue weighted by Gasteiger charge is -2.40. The minimum Gasteiger partial charge on any atom is -0.481 e. The number of carboxylic acids is 1. The highest BCUT2D eigenvalue weighted by atomic mass is 16.5. The highest BCUT2D eigenvalue weighted by Gasteiger charge is 2.35. The van der Waals surface area contributed by atoms with E-state index in [9.17, 15) is 19.5 Å². The fourth-order valence-corrected chi connectivity index (χ4v) is 4.94. The van der Waals surface area contributed by atoms with E-state index >= 15 is 0 Å². The van der Waals surface area contributed by atoms with Gasteiger partial charge in [0.25, 0.3) is 0 Å². The summed E-state index contributed by atoms with van der Waals surface area (Å²) in [6.45, 7) is 4.72. The monoisotopic (exact) mass is 464 g/mol. The predicted molar refractivity (Wildman–Crippen MR) is 128 cm³/mol. The van der Waals surface area contributed by atoms with Crippen LogP contribution in [0, 0.1) is 11.3 Å². The van der Waals surface area contributed by atoms with Gasteiger partial charge in [0, 0.05) is 12.5 Å². The lowest BCUT2D eigenvalue weighted by molar-refractivity contribution is -0.140. The Morgan fingerprint density at radius 1 is 1.03 bits per heavy atom. The lowest BCUT2D eigenvalue weighted by atomic mass is 9.67. The second-order valence-electron chi connectivity index (χ2n) is 9.95. The van der Waals surface area contributed by atoms with Crippen LogP contribution < -0.4 is 10.6 Å². The van der Waals surface area contributed by atoms with Gasteiger partial charge in [-0.3, -0.25) is 9.59 Å². The van der Waals surface area contributed by atoms with Crippen LogP contribution in [0.1, 0.15) is 56.6 Å². The number of nitrogens with one attached hydrogen (secondary N) is 2. The summed E-state index contributed by atoms with van der Waals surface area (Å²) in [7, 11) is 0. The van der Waals surface area contributed by atoms with Gasteiger partial charge in [-0.15, -0.1) is 0 Å². The van der Waals surface area contributed by atoms with Crippen LogP contribution in [0.3, 0.4) is 0 Å². The van der Waals surface area contributed by atoms with Crippen molar-refractivity contribution in [3.05, 3.63) is 59.7 Å². The Morgan fingerprint density at radius 2 is 1.62 bits per heavy atom. The van der Waals surface area contributed by atoms with E-state index in [2.05, 4.69) is 24.5 Å². The van der Waals surface area contributed by atoms with E-state index in [1.807, 2.05) is 48.5 Å². The molecule has 0 bridgehead atoms. The predicted octanol–water partition coefficient (Wildman–Crippen LogP) is 4.31. The van der Waals surface area contributed by atoms with E-state index in [0.29, 0.717) is 12.5 Å². The molecule has 7 heteroatoms. The van der Waals surface area contributed by atoms with Crippen LogP contribution in [0.2, 0.25) is 0 Å². The number of aliphatic carboxylic acids is 1. The van der Waals surface area contributed by atoms with Crippen LogP contribution in [-0.2, 0) is 14.3 Å². The molecule has 0 aliphatic heterocycles. The van der Waals surface area contributed by atoms with Gasteiger partial charge in [0.1, 0.15) is 12.6 Å². The Kier molecular flexibility index (Phi) is 6.91. The maximum absolute atomic E-state index is 12.7.